The van der Waals surface area contributed by atoms with Crippen LogP contribution >= 0.6 is 11.5 Å². The van der Waals surface area contributed by atoms with Crippen molar-refractivity contribution in [3.63, 3.8) is 0 Å². The molecule has 0 aromatic carbocycles. The third-order valence-corrected chi connectivity index (χ3v) is 4.43. The Balaban J connectivity index is 2.15. The first-order valence-electron chi connectivity index (χ1n) is 6.79. The smallest absolute Gasteiger partial charge is 0.0829 e. The molecule has 1 saturated carbocycles. The van der Waals surface area contributed by atoms with Crippen LogP contribution in [-0.4, -0.2) is 16.1 Å². The van der Waals surface area contributed by atoms with Crippen molar-refractivity contribution in [2.24, 2.45) is 5.92 Å². The number of rotatable bonds is 6. The van der Waals surface area contributed by atoms with Gasteiger partial charge in [0.1, 0.15) is 0 Å². The summed E-state index contributed by atoms with van der Waals surface area (Å²) in [6.07, 6.45) is 5.29. The van der Waals surface area contributed by atoms with Crippen molar-refractivity contribution < 1.29 is 0 Å². The first-order valence-corrected chi connectivity index (χ1v) is 7.56. The predicted molar refractivity (Wildman–Crippen MR) is 72.4 cm³/mol. The molecule has 0 spiro atoms. The first kappa shape index (κ1) is 13.0. The maximum Gasteiger partial charge on any atom is 0.0829 e. The quantitative estimate of drug-likeness (QED) is 0.843. The molecule has 3 nitrogen and oxygen atoms in total. The van der Waals surface area contributed by atoms with E-state index in [4.69, 9.17) is 0 Å². The Labute approximate surface area is 108 Å². The summed E-state index contributed by atoms with van der Waals surface area (Å²) in [4.78, 5) is 1.39. The van der Waals surface area contributed by atoms with Gasteiger partial charge in [0.15, 0.2) is 0 Å². The maximum atomic E-state index is 4.31. The Hall–Kier alpha value is -0.480. The fourth-order valence-corrected chi connectivity index (χ4v) is 3.34. The molecular formula is C13H23N3S. The lowest BCUT2D eigenvalue weighted by molar-refractivity contribution is 0.232. The zero-order chi connectivity index (χ0) is 12.3. The molecule has 96 valence electrons. The molecular weight excluding hydrogens is 230 g/mol. The van der Waals surface area contributed by atoms with Gasteiger partial charge in [0.25, 0.3) is 0 Å². The minimum atomic E-state index is 0.481. The van der Waals surface area contributed by atoms with Gasteiger partial charge in [-0.1, -0.05) is 31.7 Å². The van der Waals surface area contributed by atoms with Crippen molar-refractivity contribution in [3.05, 3.63) is 10.6 Å². The van der Waals surface area contributed by atoms with Crippen molar-refractivity contribution in [3.8, 4) is 0 Å². The van der Waals surface area contributed by atoms with E-state index in [1.54, 1.807) is 11.5 Å². The van der Waals surface area contributed by atoms with E-state index in [9.17, 15) is 0 Å². The Kier molecular flexibility index (Phi) is 4.51. The molecule has 4 heteroatoms. The van der Waals surface area contributed by atoms with Gasteiger partial charge in [-0.15, -0.1) is 5.10 Å². The summed E-state index contributed by atoms with van der Waals surface area (Å²) in [5.74, 6) is 1.29. The van der Waals surface area contributed by atoms with Crippen molar-refractivity contribution >= 4 is 11.5 Å². The van der Waals surface area contributed by atoms with Crippen LogP contribution < -0.4 is 5.32 Å². The van der Waals surface area contributed by atoms with Gasteiger partial charge in [-0.05, 0) is 49.2 Å². The Morgan fingerprint density at radius 3 is 2.71 bits per heavy atom. The molecule has 0 aliphatic heterocycles. The highest BCUT2D eigenvalue weighted by atomic mass is 32.1. The van der Waals surface area contributed by atoms with E-state index in [-0.39, 0.29) is 0 Å². The van der Waals surface area contributed by atoms with Crippen molar-refractivity contribution in [1.29, 1.82) is 0 Å². The number of nitrogens with zero attached hydrogens (tertiary/aromatic N) is 2. The number of hydrogen-bond acceptors (Lipinski definition) is 4. The van der Waals surface area contributed by atoms with Gasteiger partial charge in [-0.3, -0.25) is 0 Å². The number of hydrogen-bond donors (Lipinski definition) is 1. The van der Waals surface area contributed by atoms with Gasteiger partial charge in [0, 0.05) is 6.04 Å². The molecule has 17 heavy (non-hydrogen) atoms. The summed E-state index contributed by atoms with van der Waals surface area (Å²) in [5.41, 5.74) is 1.20. The monoisotopic (exact) mass is 253 g/mol. The minimum Gasteiger partial charge on any atom is -0.309 e. The fourth-order valence-electron chi connectivity index (χ4n) is 2.37. The second-order valence-corrected chi connectivity index (χ2v) is 6.09. The lowest BCUT2D eigenvalue weighted by atomic mass is 9.78. The van der Waals surface area contributed by atoms with E-state index in [1.807, 2.05) is 0 Å². The highest BCUT2D eigenvalue weighted by molar-refractivity contribution is 7.05. The molecule has 1 aromatic heterocycles. The van der Waals surface area contributed by atoms with Crippen LogP contribution in [0.25, 0.3) is 0 Å². The third kappa shape index (κ3) is 2.86. The molecule has 0 amide bonds. The molecule has 1 aliphatic carbocycles. The van der Waals surface area contributed by atoms with Gasteiger partial charge in [-0.2, -0.15) is 0 Å². The average Bonchev–Trinajstić information content (AvgIpc) is 2.69. The number of nitrogens with one attached hydrogen (secondary N) is 1. The van der Waals surface area contributed by atoms with E-state index in [0.29, 0.717) is 12.0 Å². The molecule has 1 unspecified atom stereocenters. The molecule has 0 bridgehead atoms. The van der Waals surface area contributed by atoms with Crippen LogP contribution in [0.2, 0.25) is 0 Å². The minimum absolute atomic E-state index is 0.481. The summed E-state index contributed by atoms with van der Waals surface area (Å²) < 4.78 is 4.16. The highest BCUT2D eigenvalue weighted by Gasteiger charge is 2.31. The lowest BCUT2D eigenvalue weighted by Gasteiger charge is -2.34. The standard InChI is InChI=1S/C13H23N3S/c1-4-8-14-12(10-6-5-7-10)13-11(9(2)3)15-16-17-13/h9-10,12,14H,4-8H2,1-3H3. The van der Waals surface area contributed by atoms with Crippen LogP contribution in [0.4, 0.5) is 0 Å². The third-order valence-electron chi connectivity index (χ3n) is 3.61. The summed E-state index contributed by atoms with van der Waals surface area (Å²) in [7, 11) is 0. The topological polar surface area (TPSA) is 37.8 Å². The zero-order valence-corrected chi connectivity index (χ0v) is 11.9. The molecule has 1 fully saturated rings. The Bertz CT molecular complexity index is 344. The predicted octanol–water partition coefficient (Wildman–Crippen LogP) is 3.50. The molecule has 0 radical (unpaired) electrons. The van der Waals surface area contributed by atoms with E-state index in [2.05, 4.69) is 35.7 Å². The molecule has 1 aromatic rings. The molecule has 1 heterocycles. The Morgan fingerprint density at radius 1 is 1.41 bits per heavy atom. The van der Waals surface area contributed by atoms with Crippen LogP contribution in [0.3, 0.4) is 0 Å². The number of aromatic nitrogens is 2. The lowest BCUT2D eigenvalue weighted by Crippen LogP contribution is -2.32. The van der Waals surface area contributed by atoms with Gasteiger partial charge >= 0.3 is 0 Å². The fraction of sp³-hybridized carbons (Fsp3) is 0.846. The summed E-state index contributed by atoms with van der Waals surface area (Å²) >= 11 is 1.59. The van der Waals surface area contributed by atoms with E-state index >= 15 is 0 Å². The van der Waals surface area contributed by atoms with Crippen LogP contribution in [-0.2, 0) is 0 Å². The average molecular weight is 253 g/mol. The zero-order valence-electron chi connectivity index (χ0n) is 11.1. The van der Waals surface area contributed by atoms with Crippen molar-refractivity contribution in [1.82, 2.24) is 14.9 Å². The van der Waals surface area contributed by atoms with Gasteiger partial charge in [-0.25, -0.2) is 0 Å². The van der Waals surface area contributed by atoms with Crippen LogP contribution in [0.5, 0.6) is 0 Å². The molecule has 1 N–H and O–H groups in total. The second-order valence-electron chi connectivity index (χ2n) is 5.30. The molecule has 2 rings (SSSR count). The normalized spacial score (nSPS) is 18.4. The van der Waals surface area contributed by atoms with Crippen molar-refractivity contribution in [2.45, 2.75) is 58.4 Å². The molecule has 1 atom stereocenters. The van der Waals surface area contributed by atoms with Crippen LogP contribution in [0.15, 0.2) is 0 Å². The highest BCUT2D eigenvalue weighted by Crippen LogP contribution is 2.40. The van der Waals surface area contributed by atoms with Gasteiger partial charge in [0.2, 0.25) is 0 Å². The van der Waals surface area contributed by atoms with Gasteiger partial charge < -0.3 is 5.32 Å². The van der Waals surface area contributed by atoms with Gasteiger partial charge in [0.05, 0.1) is 10.6 Å². The summed E-state index contributed by atoms with van der Waals surface area (Å²) in [5, 5.41) is 8.01. The van der Waals surface area contributed by atoms with Crippen LogP contribution in [0.1, 0.15) is 69.0 Å². The molecule has 1 aliphatic rings. The second kappa shape index (κ2) is 5.91. The summed E-state index contributed by atoms with van der Waals surface area (Å²) in [6, 6.07) is 0.501. The van der Waals surface area contributed by atoms with Crippen molar-refractivity contribution in [2.75, 3.05) is 6.54 Å². The van der Waals surface area contributed by atoms with E-state index in [0.717, 1.165) is 12.5 Å². The van der Waals surface area contributed by atoms with Crippen LogP contribution in [0, 0.1) is 5.92 Å². The van der Waals surface area contributed by atoms with E-state index in [1.165, 1.54) is 36.3 Å². The van der Waals surface area contributed by atoms with E-state index < -0.39 is 0 Å². The largest absolute Gasteiger partial charge is 0.309 e. The molecule has 0 saturated heterocycles. The SMILES string of the molecule is CCCNC(c1snnc1C(C)C)C1CCC1. The first-order chi connectivity index (χ1) is 8.24. The maximum absolute atomic E-state index is 4.31. The summed E-state index contributed by atoms with van der Waals surface area (Å²) in [6.45, 7) is 7.73. The Morgan fingerprint density at radius 2 is 2.18 bits per heavy atom.